The average Bonchev–Trinajstić information content (AvgIpc) is 1.97. The van der Waals surface area contributed by atoms with Gasteiger partial charge >= 0.3 is 0 Å². The van der Waals surface area contributed by atoms with E-state index in [1.165, 1.54) is 0 Å². The van der Waals surface area contributed by atoms with Crippen molar-refractivity contribution in [2.24, 2.45) is 4.99 Å². The first kappa shape index (κ1) is 10.2. The van der Waals surface area contributed by atoms with E-state index in [1.807, 2.05) is 13.8 Å². The molecule has 0 bridgehead atoms. The number of hydrogen-bond donors (Lipinski definition) is 3. The van der Waals surface area contributed by atoms with Crippen LogP contribution in [0.1, 0.15) is 13.8 Å². The van der Waals surface area contributed by atoms with Gasteiger partial charge < -0.3 is 15.7 Å². The molecule has 3 N–H and O–H groups in total. The van der Waals surface area contributed by atoms with Crippen molar-refractivity contribution in [1.82, 2.24) is 10.6 Å². The van der Waals surface area contributed by atoms with Crippen molar-refractivity contribution < 1.29 is 5.11 Å². The zero-order chi connectivity index (χ0) is 8.69. The molecule has 0 fully saturated rings. The number of nitrogens with zero attached hydrogens (tertiary/aromatic N) is 1. The molecule has 0 unspecified atom stereocenters. The topological polar surface area (TPSA) is 56.7 Å². The van der Waals surface area contributed by atoms with Crippen LogP contribution in [0.2, 0.25) is 0 Å². The minimum absolute atomic E-state index is 0.124. The van der Waals surface area contributed by atoms with Gasteiger partial charge in [0.1, 0.15) is 0 Å². The van der Waals surface area contributed by atoms with Crippen LogP contribution >= 0.6 is 0 Å². The highest BCUT2D eigenvalue weighted by Gasteiger charge is 1.96. The summed E-state index contributed by atoms with van der Waals surface area (Å²) in [4.78, 5) is 3.95. The number of aliphatic imine (C=N–C) groups is 1. The van der Waals surface area contributed by atoms with Gasteiger partial charge in [0, 0.05) is 19.6 Å². The first-order chi connectivity index (χ1) is 5.20. The highest BCUT2D eigenvalue weighted by Crippen LogP contribution is 1.76. The molecule has 0 saturated heterocycles. The molecule has 0 aliphatic rings. The maximum atomic E-state index is 8.50. The third-order valence-electron chi connectivity index (χ3n) is 1.05. The molecule has 0 aliphatic carbocycles. The predicted octanol–water partition coefficient (Wildman–Crippen LogP) is -0.448. The van der Waals surface area contributed by atoms with Crippen LogP contribution in [-0.2, 0) is 0 Å². The van der Waals surface area contributed by atoms with E-state index in [2.05, 4.69) is 15.6 Å². The van der Waals surface area contributed by atoms with E-state index < -0.39 is 0 Å². The average molecular weight is 159 g/mol. The number of rotatable bonds is 3. The highest BCUT2D eigenvalue weighted by molar-refractivity contribution is 5.79. The molecule has 0 rings (SSSR count). The Morgan fingerprint density at radius 2 is 2.18 bits per heavy atom. The molecule has 0 amide bonds. The van der Waals surface area contributed by atoms with Gasteiger partial charge in [-0.1, -0.05) is 0 Å². The molecule has 0 spiro atoms. The second-order valence-corrected chi connectivity index (χ2v) is 2.52. The van der Waals surface area contributed by atoms with Crippen LogP contribution in [0.3, 0.4) is 0 Å². The van der Waals surface area contributed by atoms with E-state index in [-0.39, 0.29) is 6.61 Å². The lowest BCUT2D eigenvalue weighted by Gasteiger charge is -2.13. The predicted molar refractivity (Wildman–Crippen MR) is 46.7 cm³/mol. The maximum absolute atomic E-state index is 8.50. The first-order valence-corrected chi connectivity index (χ1v) is 3.78. The van der Waals surface area contributed by atoms with Crippen LogP contribution in [0.5, 0.6) is 0 Å². The fourth-order valence-electron chi connectivity index (χ4n) is 0.642. The zero-order valence-corrected chi connectivity index (χ0v) is 7.39. The Labute approximate surface area is 67.7 Å². The van der Waals surface area contributed by atoms with Crippen molar-refractivity contribution >= 4 is 5.96 Å². The molecule has 0 aliphatic heterocycles. The van der Waals surface area contributed by atoms with E-state index in [4.69, 9.17) is 5.11 Å². The van der Waals surface area contributed by atoms with Gasteiger partial charge in [-0.25, -0.2) is 0 Å². The molecule has 4 nitrogen and oxygen atoms in total. The minimum atomic E-state index is 0.124. The summed E-state index contributed by atoms with van der Waals surface area (Å²) >= 11 is 0. The molecule has 0 saturated carbocycles. The minimum Gasteiger partial charge on any atom is -0.395 e. The van der Waals surface area contributed by atoms with Gasteiger partial charge in [0.25, 0.3) is 0 Å². The molecule has 0 aromatic heterocycles. The number of nitrogens with one attached hydrogen (secondary N) is 2. The Kier molecular flexibility index (Phi) is 5.56. The summed E-state index contributed by atoms with van der Waals surface area (Å²) in [5, 5.41) is 14.5. The molecule has 0 aromatic carbocycles. The summed E-state index contributed by atoms with van der Waals surface area (Å²) in [7, 11) is 1.70. The number of hydrogen-bond acceptors (Lipinski definition) is 2. The van der Waals surface area contributed by atoms with Crippen molar-refractivity contribution in [3.05, 3.63) is 0 Å². The van der Waals surface area contributed by atoms with E-state index in [0.29, 0.717) is 12.6 Å². The summed E-state index contributed by atoms with van der Waals surface area (Å²) in [6.07, 6.45) is 0. The van der Waals surface area contributed by atoms with Gasteiger partial charge in [0.15, 0.2) is 5.96 Å². The van der Waals surface area contributed by atoms with Gasteiger partial charge in [-0.05, 0) is 13.8 Å². The van der Waals surface area contributed by atoms with Crippen LogP contribution < -0.4 is 10.6 Å². The van der Waals surface area contributed by atoms with Gasteiger partial charge in [0.05, 0.1) is 6.61 Å². The Morgan fingerprint density at radius 3 is 2.55 bits per heavy atom. The lowest BCUT2D eigenvalue weighted by Crippen LogP contribution is -2.42. The molecular formula is C7H17N3O. The number of aliphatic hydroxyl groups excluding tert-OH is 1. The third-order valence-corrected chi connectivity index (χ3v) is 1.05. The first-order valence-electron chi connectivity index (χ1n) is 3.78. The highest BCUT2D eigenvalue weighted by atomic mass is 16.3. The smallest absolute Gasteiger partial charge is 0.191 e. The van der Waals surface area contributed by atoms with Crippen molar-refractivity contribution in [2.75, 3.05) is 20.2 Å². The van der Waals surface area contributed by atoms with E-state index in [0.717, 1.165) is 5.96 Å². The van der Waals surface area contributed by atoms with Gasteiger partial charge in [-0.3, -0.25) is 4.99 Å². The summed E-state index contributed by atoms with van der Waals surface area (Å²) in [5.41, 5.74) is 0. The molecule has 0 radical (unpaired) electrons. The molecule has 0 heterocycles. The lowest BCUT2D eigenvalue weighted by atomic mass is 10.4. The second-order valence-electron chi connectivity index (χ2n) is 2.52. The molecule has 0 atom stereocenters. The summed E-state index contributed by atoms with van der Waals surface area (Å²) in [6, 6.07) is 0.361. The monoisotopic (exact) mass is 159 g/mol. The zero-order valence-electron chi connectivity index (χ0n) is 7.39. The molecule has 11 heavy (non-hydrogen) atoms. The summed E-state index contributed by atoms with van der Waals surface area (Å²) < 4.78 is 0. The maximum Gasteiger partial charge on any atom is 0.191 e. The van der Waals surface area contributed by atoms with Crippen LogP contribution in [0, 0.1) is 0 Å². The SMILES string of the molecule is CN=C(NCCO)NC(C)C. The van der Waals surface area contributed by atoms with Crippen LogP contribution in [-0.4, -0.2) is 37.3 Å². The number of guanidine groups is 1. The fraction of sp³-hybridized carbons (Fsp3) is 0.857. The number of aliphatic hydroxyl groups is 1. The molecule has 66 valence electrons. The standard InChI is InChI=1S/C7H17N3O/c1-6(2)10-7(8-3)9-4-5-11/h6,11H,4-5H2,1-3H3,(H2,8,9,10). The van der Waals surface area contributed by atoms with Crippen molar-refractivity contribution in [3.8, 4) is 0 Å². The summed E-state index contributed by atoms with van der Waals surface area (Å²) in [6.45, 7) is 4.72. The van der Waals surface area contributed by atoms with Crippen LogP contribution in [0.15, 0.2) is 4.99 Å². The van der Waals surface area contributed by atoms with Gasteiger partial charge in [-0.15, -0.1) is 0 Å². The fourth-order valence-corrected chi connectivity index (χ4v) is 0.642. The normalized spacial score (nSPS) is 11.9. The van der Waals surface area contributed by atoms with Crippen LogP contribution in [0.4, 0.5) is 0 Å². The van der Waals surface area contributed by atoms with Crippen molar-refractivity contribution in [1.29, 1.82) is 0 Å². The van der Waals surface area contributed by atoms with E-state index in [1.54, 1.807) is 7.05 Å². The molecular weight excluding hydrogens is 142 g/mol. The molecule has 4 heteroatoms. The van der Waals surface area contributed by atoms with E-state index in [9.17, 15) is 0 Å². The van der Waals surface area contributed by atoms with Crippen molar-refractivity contribution in [3.63, 3.8) is 0 Å². The molecule has 0 aromatic rings. The van der Waals surface area contributed by atoms with Crippen LogP contribution in [0.25, 0.3) is 0 Å². The van der Waals surface area contributed by atoms with E-state index >= 15 is 0 Å². The quantitative estimate of drug-likeness (QED) is 0.386. The third kappa shape index (κ3) is 5.66. The largest absolute Gasteiger partial charge is 0.395 e. The Balaban J connectivity index is 3.60. The Bertz CT molecular complexity index is 123. The lowest BCUT2D eigenvalue weighted by molar-refractivity contribution is 0.300. The second kappa shape index (κ2) is 5.97. The Hall–Kier alpha value is -0.770. The summed E-state index contributed by atoms with van der Waals surface area (Å²) in [5.74, 6) is 0.731. The van der Waals surface area contributed by atoms with Crippen molar-refractivity contribution in [2.45, 2.75) is 19.9 Å². The Morgan fingerprint density at radius 1 is 1.55 bits per heavy atom. The van der Waals surface area contributed by atoms with Gasteiger partial charge in [-0.2, -0.15) is 0 Å². The van der Waals surface area contributed by atoms with Gasteiger partial charge in [0.2, 0.25) is 0 Å².